The van der Waals surface area contributed by atoms with E-state index < -0.39 is 0 Å². The number of benzene rings is 1. The number of carbonyl (C=O) groups is 1. The topological polar surface area (TPSA) is 50.1 Å². The minimum Gasteiger partial charge on any atom is -0.469 e. The van der Waals surface area contributed by atoms with Crippen LogP contribution in [0.1, 0.15) is 17.5 Å². The number of hydrogen-bond acceptors (Lipinski definition) is 3. The number of hydrogen-bond donors (Lipinski definition) is 0. The van der Waals surface area contributed by atoms with Gasteiger partial charge in [-0.2, -0.15) is 5.26 Å². The molecular weight excluding hydrogens is 214 g/mol. The Kier molecular flexibility index (Phi) is 4.14. The van der Waals surface area contributed by atoms with Crippen LogP contribution in [0.2, 0.25) is 5.02 Å². The first-order chi connectivity index (χ1) is 7.17. The Labute approximate surface area is 93.2 Å². The number of aryl methyl sites for hydroxylation is 1. The summed E-state index contributed by atoms with van der Waals surface area (Å²) in [6.07, 6.45) is 0.763. The third-order valence-corrected chi connectivity index (χ3v) is 2.25. The molecule has 15 heavy (non-hydrogen) atoms. The highest BCUT2D eigenvalue weighted by atomic mass is 35.5. The minimum atomic E-state index is -0.283. The maximum absolute atomic E-state index is 10.9. The zero-order chi connectivity index (χ0) is 11.3. The van der Waals surface area contributed by atoms with Crippen LogP contribution in [-0.2, 0) is 16.0 Å². The summed E-state index contributed by atoms with van der Waals surface area (Å²) in [6.45, 7) is 0. The van der Waals surface area contributed by atoms with Crippen molar-refractivity contribution in [1.29, 1.82) is 5.26 Å². The van der Waals surface area contributed by atoms with E-state index in [1.54, 1.807) is 18.2 Å². The van der Waals surface area contributed by atoms with Gasteiger partial charge in [0, 0.05) is 11.4 Å². The zero-order valence-electron chi connectivity index (χ0n) is 8.29. The molecular formula is C11H10ClNO2. The van der Waals surface area contributed by atoms with Gasteiger partial charge in [-0.05, 0) is 24.1 Å². The number of rotatable bonds is 3. The average molecular weight is 224 g/mol. The molecule has 0 saturated carbocycles. The Balaban J connectivity index is 2.77. The van der Waals surface area contributed by atoms with Gasteiger partial charge < -0.3 is 4.74 Å². The van der Waals surface area contributed by atoms with Crippen LogP contribution in [0.5, 0.6) is 0 Å². The predicted molar refractivity (Wildman–Crippen MR) is 56.5 cm³/mol. The van der Waals surface area contributed by atoms with E-state index in [0.29, 0.717) is 17.0 Å². The lowest BCUT2D eigenvalue weighted by atomic mass is 10.0. The standard InChI is InChI=1S/C11H10ClNO2/c1-15-11(14)5-3-8-2-4-10(12)6-9(8)7-13/h2,4,6H,3,5H2,1H3. The van der Waals surface area contributed by atoms with Crippen molar-refractivity contribution < 1.29 is 9.53 Å². The molecule has 0 radical (unpaired) electrons. The van der Waals surface area contributed by atoms with Gasteiger partial charge in [-0.15, -0.1) is 0 Å². The van der Waals surface area contributed by atoms with Crippen molar-refractivity contribution in [3.8, 4) is 6.07 Å². The van der Waals surface area contributed by atoms with Gasteiger partial charge in [-0.25, -0.2) is 0 Å². The molecule has 0 fully saturated rings. The Morgan fingerprint density at radius 3 is 2.93 bits per heavy atom. The highest BCUT2D eigenvalue weighted by molar-refractivity contribution is 6.30. The van der Waals surface area contributed by atoms with Crippen LogP contribution in [0.3, 0.4) is 0 Å². The molecule has 0 bridgehead atoms. The van der Waals surface area contributed by atoms with E-state index in [0.717, 1.165) is 5.56 Å². The lowest BCUT2D eigenvalue weighted by Crippen LogP contribution is -2.02. The van der Waals surface area contributed by atoms with Crippen LogP contribution < -0.4 is 0 Å². The summed E-state index contributed by atoms with van der Waals surface area (Å²) < 4.78 is 4.52. The van der Waals surface area contributed by atoms with E-state index in [4.69, 9.17) is 16.9 Å². The summed E-state index contributed by atoms with van der Waals surface area (Å²) in [7, 11) is 1.34. The van der Waals surface area contributed by atoms with Gasteiger partial charge >= 0.3 is 5.97 Å². The fourth-order valence-corrected chi connectivity index (χ4v) is 1.38. The summed E-state index contributed by atoms with van der Waals surface area (Å²) in [5.74, 6) is -0.283. The van der Waals surface area contributed by atoms with Gasteiger partial charge in [0.2, 0.25) is 0 Å². The molecule has 0 amide bonds. The zero-order valence-corrected chi connectivity index (χ0v) is 9.04. The van der Waals surface area contributed by atoms with E-state index in [1.807, 2.05) is 6.07 Å². The molecule has 0 N–H and O–H groups in total. The highest BCUT2D eigenvalue weighted by Gasteiger charge is 2.06. The molecule has 4 heteroatoms. The quantitative estimate of drug-likeness (QED) is 0.739. The van der Waals surface area contributed by atoms with E-state index in [2.05, 4.69) is 4.74 Å². The maximum Gasteiger partial charge on any atom is 0.305 e. The molecule has 1 rings (SSSR count). The number of nitrogens with zero attached hydrogens (tertiary/aromatic N) is 1. The van der Waals surface area contributed by atoms with Crippen molar-refractivity contribution in [2.75, 3.05) is 7.11 Å². The molecule has 0 aliphatic rings. The summed E-state index contributed by atoms with van der Waals surface area (Å²) in [6, 6.07) is 7.09. The first-order valence-corrected chi connectivity index (χ1v) is 4.80. The molecule has 3 nitrogen and oxygen atoms in total. The number of nitriles is 1. The van der Waals surface area contributed by atoms with E-state index in [-0.39, 0.29) is 12.4 Å². The second-order valence-corrected chi connectivity index (χ2v) is 3.43. The van der Waals surface area contributed by atoms with E-state index >= 15 is 0 Å². The van der Waals surface area contributed by atoms with Crippen molar-refractivity contribution in [3.63, 3.8) is 0 Å². The van der Waals surface area contributed by atoms with Crippen LogP contribution in [0.15, 0.2) is 18.2 Å². The Morgan fingerprint density at radius 2 is 2.33 bits per heavy atom. The predicted octanol–water partition coefficient (Wildman–Crippen LogP) is 2.32. The summed E-state index contributed by atoms with van der Waals surface area (Å²) in [5.41, 5.74) is 1.32. The number of ether oxygens (including phenoxy) is 1. The summed E-state index contributed by atoms with van der Waals surface area (Å²) >= 11 is 5.74. The van der Waals surface area contributed by atoms with E-state index in [9.17, 15) is 4.79 Å². The van der Waals surface area contributed by atoms with Gasteiger partial charge in [0.1, 0.15) is 0 Å². The monoisotopic (exact) mass is 223 g/mol. The Bertz CT molecular complexity index is 410. The SMILES string of the molecule is COC(=O)CCc1ccc(Cl)cc1C#N. The molecule has 0 unspecified atom stereocenters. The first kappa shape index (κ1) is 11.5. The lowest BCUT2D eigenvalue weighted by Gasteiger charge is -2.03. The third kappa shape index (κ3) is 3.26. The molecule has 0 aromatic heterocycles. The Hall–Kier alpha value is -1.53. The molecule has 78 valence electrons. The second-order valence-electron chi connectivity index (χ2n) is 2.99. The van der Waals surface area contributed by atoms with Gasteiger partial charge in [-0.1, -0.05) is 17.7 Å². The fourth-order valence-electron chi connectivity index (χ4n) is 1.21. The van der Waals surface area contributed by atoms with Gasteiger partial charge in [0.15, 0.2) is 0 Å². The summed E-state index contributed by atoms with van der Waals surface area (Å²) in [4.78, 5) is 10.9. The van der Waals surface area contributed by atoms with Crippen molar-refractivity contribution in [2.45, 2.75) is 12.8 Å². The third-order valence-electron chi connectivity index (χ3n) is 2.02. The molecule has 0 aliphatic heterocycles. The first-order valence-electron chi connectivity index (χ1n) is 4.42. The van der Waals surface area contributed by atoms with Crippen LogP contribution in [0.4, 0.5) is 0 Å². The molecule has 0 atom stereocenters. The largest absolute Gasteiger partial charge is 0.469 e. The van der Waals surface area contributed by atoms with Crippen molar-refractivity contribution >= 4 is 17.6 Å². The van der Waals surface area contributed by atoms with Gasteiger partial charge in [-0.3, -0.25) is 4.79 Å². The molecule has 0 saturated heterocycles. The second kappa shape index (κ2) is 5.38. The van der Waals surface area contributed by atoms with Crippen molar-refractivity contribution in [2.24, 2.45) is 0 Å². The van der Waals surface area contributed by atoms with E-state index in [1.165, 1.54) is 7.11 Å². The van der Waals surface area contributed by atoms with Crippen LogP contribution in [-0.4, -0.2) is 13.1 Å². The van der Waals surface area contributed by atoms with Gasteiger partial charge in [0.05, 0.1) is 18.7 Å². The normalized spacial score (nSPS) is 9.40. The minimum absolute atomic E-state index is 0.271. The van der Waals surface area contributed by atoms with Crippen molar-refractivity contribution in [3.05, 3.63) is 34.3 Å². The number of esters is 1. The van der Waals surface area contributed by atoms with Crippen molar-refractivity contribution in [1.82, 2.24) is 0 Å². The number of methoxy groups -OCH3 is 1. The van der Waals surface area contributed by atoms with Gasteiger partial charge in [0.25, 0.3) is 0 Å². The molecule has 1 aromatic carbocycles. The molecule has 1 aromatic rings. The highest BCUT2D eigenvalue weighted by Crippen LogP contribution is 2.16. The Morgan fingerprint density at radius 1 is 1.60 bits per heavy atom. The number of halogens is 1. The smallest absolute Gasteiger partial charge is 0.305 e. The lowest BCUT2D eigenvalue weighted by molar-refractivity contribution is -0.140. The molecule has 0 spiro atoms. The average Bonchev–Trinajstić information content (AvgIpc) is 2.26. The summed E-state index contributed by atoms with van der Waals surface area (Å²) in [5, 5.41) is 9.36. The van der Waals surface area contributed by atoms with Crippen LogP contribution >= 0.6 is 11.6 Å². The van der Waals surface area contributed by atoms with Crippen LogP contribution in [0.25, 0.3) is 0 Å². The number of carbonyl (C=O) groups excluding carboxylic acids is 1. The fraction of sp³-hybridized carbons (Fsp3) is 0.273. The maximum atomic E-state index is 10.9. The molecule has 0 heterocycles. The van der Waals surface area contributed by atoms with Crippen LogP contribution in [0, 0.1) is 11.3 Å². The molecule has 0 aliphatic carbocycles.